The van der Waals surface area contributed by atoms with E-state index in [-0.39, 0.29) is 0 Å². The van der Waals surface area contributed by atoms with Crippen LogP contribution in [0.15, 0.2) is 24.3 Å². The fourth-order valence-corrected chi connectivity index (χ4v) is 0.746. The molecule has 0 aliphatic heterocycles. The maximum atomic E-state index is 9.75. The third kappa shape index (κ3) is 8.71. The van der Waals surface area contributed by atoms with Crippen LogP contribution in [-0.2, 0) is 6.54 Å². The number of benzene rings is 1. The summed E-state index contributed by atoms with van der Waals surface area (Å²) < 4.78 is 39.0. The van der Waals surface area contributed by atoms with Gasteiger partial charge in [-0.1, -0.05) is 12.1 Å². The monoisotopic (exact) mass is 221 g/mol. The third-order valence-electron chi connectivity index (χ3n) is 1.26. The van der Waals surface area contributed by atoms with Gasteiger partial charge < -0.3 is 23.0 Å². The van der Waals surface area contributed by atoms with Gasteiger partial charge in [-0.15, -0.1) is 0 Å². The molecule has 0 aromatic heterocycles. The zero-order valence-corrected chi connectivity index (χ0v) is 7.58. The van der Waals surface area contributed by atoms with Crippen LogP contribution in [0.1, 0.15) is 5.56 Å². The van der Waals surface area contributed by atoms with Gasteiger partial charge in [-0.05, 0) is 5.56 Å². The molecule has 0 amide bonds. The molecule has 15 heavy (non-hydrogen) atoms. The zero-order chi connectivity index (χ0) is 11.9. The topological polar surface area (TPSA) is 54.2 Å². The lowest BCUT2D eigenvalue weighted by Crippen LogP contribution is -2.02. The molecule has 1 aromatic rings. The number of halogens is 4. The molecule has 8 heteroatoms. The van der Waals surface area contributed by atoms with Crippen LogP contribution in [0.3, 0.4) is 0 Å². The van der Waals surface area contributed by atoms with Crippen molar-refractivity contribution in [1.29, 1.82) is 5.39 Å². The van der Waals surface area contributed by atoms with Crippen molar-refractivity contribution in [1.82, 2.24) is 0 Å². The maximum Gasteiger partial charge on any atom is 0.673 e. The van der Waals surface area contributed by atoms with Crippen LogP contribution in [0.5, 0.6) is 0 Å². The van der Waals surface area contributed by atoms with Gasteiger partial charge >= 0.3 is 12.9 Å². The van der Waals surface area contributed by atoms with Crippen molar-refractivity contribution in [2.45, 2.75) is 6.54 Å². The summed E-state index contributed by atoms with van der Waals surface area (Å²) in [4.78, 5) is 3.02. The second kappa shape index (κ2) is 5.98. The Morgan fingerprint density at radius 2 is 1.80 bits per heavy atom. The summed E-state index contributed by atoms with van der Waals surface area (Å²) in [6.07, 6.45) is 0. The molecule has 2 N–H and O–H groups in total. The lowest BCUT2D eigenvalue weighted by molar-refractivity contribution is 0.368. The van der Waals surface area contributed by atoms with Crippen LogP contribution >= 0.6 is 0 Å². The summed E-state index contributed by atoms with van der Waals surface area (Å²) in [5.74, 6) is 0. The van der Waals surface area contributed by atoms with E-state index in [1.807, 2.05) is 6.07 Å². The molecule has 3 nitrogen and oxygen atoms in total. The van der Waals surface area contributed by atoms with Crippen LogP contribution in [0.2, 0.25) is 0 Å². The van der Waals surface area contributed by atoms with Gasteiger partial charge in [0.2, 0.25) is 5.39 Å². The van der Waals surface area contributed by atoms with Gasteiger partial charge in [0.1, 0.15) is 0 Å². The molecule has 0 radical (unpaired) electrons. The van der Waals surface area contributed by atoms with Gasteiger partial charge in [-0.3, -0.25) is 0 Å². The molecule has 0 unspecified atom stereocenters. The Morgan fingerprint density at radius 1 is 1.27 bits per heavy atom. The van der Waals surface area contributed by atoms with Gasteiger partial charge in [-0.2, -0.15) is 0 Å². The summed E-state index contributed by atoms with van der Waals surface area (Å²) in [7, 11) is -6.00. The average Bonchev–Trinajstić information content (AvgIpc) is 2.15. The van der Waals surface area contributed by atoms with Crippen molar-refractivity contribution >= 4 is 12.9 Å². The van der Waals surface area contributed by atoms with Gasteiger partial charge in [-0.25, -0.2) is 0 Å². The van der Waals surface area contributed by atoms with Crippen molar-refractivity contribution in [3.05, 3.63) is 34.8 Å². The Kier molecular flexibility index (Phi) is 5.34. The second-order valence-corrected chi connectivity index (χ2v) is 2.47. The van der Waals surface area contributed by atoms with Gasteiger partial charge in [0.05, 0.1) is 0 Å². The predicted molar refractivity (Wildman–Crippen MR) is 49.3 cm³/mol. The fourth-order valence-electron chi connectivity index (χ4n) is 0.746. The molecule has 82 valence electrons. The molecule has 0 aliphatic rings. The van der Waals surface area contributed by atoms with E-state index in [0.717, 1.165) is 5.56 Å². The molecule has 0 aliphatic carbocycles. The number of diazo groups is 1. The minimum Gasteiger partial charge on any atom is -0.418 e. The highest BCUT2D eigenvalue weighted by atomic mass is 19.5. The number of rotatable bonds is 1. The van der Waals surface area contributed by atoms with E-state index in [1.165, 1.54) is 0 Å². The first-order valence-corrected chi connectivity index (χ1v) is 3.88. The Balaban J connectivity index is 0.000000336. The molecular weight excluding hydrogens is 213 g/mol. The summed E-state index contributed by atoms with van der Waals surface area (Å²) in [5.41, 5.74) is 6.86. The van der Waals surface area contributed by atoms with E-state index in [9.17, 15) is 17.3 Å². The van der Waals surface area contributed by atoms with E-state index in [1.54, 1.807) is 18.2 Å². The number of hydrogen-bond acceptors (Lipinski definition) is 2. The van der Waals surface area contributed by atoms with Crippen molar-refractivity contribution in [3.63, 3.8) is 0 Å². The summed E-state index contributed by atoms with van der Waals surface area (Å²) in [5, 5.41) is 8.34. The minimum absolute atomic E-state index is 0.476. The van der Waals surface area contributed by atoms with E-state index in [0.29, 0.717) is 12.2 Å². The molecule has 0 heterocycles. The molecule has 1 aromatic carbocycles. The highest BCUT2D eigenvalue weighted by Gasteiger charge is 2.20. The second-order valence-electron chi connectivity index (χ2n) is 2.47. The van der Waals surface area contributed by atoms with Crippen LogP contribution in [0, 0.1) is 5.39 Å². The molecule has 1 rings (SSSR count). The first-order valence-electron chi connectivity index (χ1n) is 3.88. The Hall–Kier alpha value is -1.62. The SMILES string of the molecule is F[B-](F)(F)F.N#[N+]c1cccc(CN)c1. The normalized spacial score (nSPS) is 9.87. The highest BCUT2D eigenvalue weighted by Crippen LogP contribution is 2.12. The molecule has 0 saturated heterocycles. The first-order chi connectivity index (χ1) is 6.86. The quantitative estimate of drug-likeness (QED) is 0.450. The summed E-state index contributed by atoms with van der Waals surface area (Å²) in [6, 6.07) is 7.13. The van der Waals surface area contributed by atoms with E-state index < -0.39 is 7.25 Å². The van der Waals surface area contributed by atoms with Crippen LogP contribution in [-0.4, -0.2) is 7.25 Å². The zero-order valence-electron chi connectivity index (χ0n) is 7.58. The third-order valence-corrected chi connectivity index (χ3v) is 1.26. The Bertz CT molecular complexity index is 341. The van der Waals surface area contributed by atoms with E-state index in [2.05, 4.69) is 4.98 Å². The van der Waals surface area contributed by atoms with Gasteiger partial charge in [0.25, 0.3) is 0 Å². The van der Waals surface area contributed by atoms with Crippen molar-refractivity contribution in [2.24, 2.45) is 5.73 Å². The Labute approximate surface area is 83.6 Å². The van der Waals surface area contributed by atoms with Crippen molar-refractivity contribution in [2.75, 3.05) is 0 Å². The minimum atomic E-state index is -6.00. The lowest BCUT2D eigenvalue weighted by Gasteiger charge is -1.94. The van der Waals surface area contributed by atoms with Gasteiger partial charge in [0, 0.05) is 18.7 Å². The van der Waals surface area contributed by atoms with Crippen LogP contribution in [0.25, 0.3) is 4.98 Å². The number of hydrogen-bond donors (Lipinski definition) is 1. The number of nitrogens with zero attached hydrogens (tertiary/aromatic N) is 2. The molecule has 0 spiro atoms. The highest BCUT2D eigenvalue weighted by molar-refractivity contribution is 6.50. The first kappa shape index (κ1) is 13.4. The summed E-state index contributed by atoms with van der Waals surface area (Å²) >= 11 is 0. The predicted octanol–water partition coefficient (Wildman–Crippen LogP) is 2.93. The molecule has 0 atom stereocenters. The van der Waals surface area contributed by atoms with Crippen LogP contribution < -0.4 is 5.73 Å². The fraction of sp³-hybridized carbons (Fsp3) is 0.143. The maximum absolute atomic E-state index is 9.75. The van der Waals surface area contributed by atoms with Gasteiger partial charge in [0.15, 0.2) is 4.98 Å². The van der Waals surface area contributed by atoms with E-state index in [4.69, 9.17) is 11.1 Å². The molecule has 0 fully saturated rings. The number of nitrogens with two attached hydrogens (primary N) is 1. The largest absolute Gasteiger partial charge is 0.673 e. The van der Waals surface area contributed by atoms with Crippen molar-refractivity contribution < 1.29 is 17.3 Å². The Morgan fingerprint density at radius 3 is 2.20 bits per heavy atom. The van der Waals surface area contributed by atoms with E-state index >= 15 is 0 Å². The smallest absolute Gasteiger partial charge is 0.418 e. The molecular formula is C7H8BF4N3. The van der Waals surface area contributed by atoms with Crippen molar-refractivity contribution in [3.8, 4) is 0 Å². The average molecular weight is 221 g/mol. The standard InChI is InChI=1S/C7H8N3.BF4/c8-5-6-2-1-3-7(4-6)10-9;2-1(3,4)5/h1-4H,5,8H2;/q+1;-1. The molecule has 0 bridgehead atoms. The molecule has 0 saturated carbocycles. The van der Waals surface area contributed by atoms with Crippen LogP contribution in [0.4, 0.5) is 23.0 Å². The lowest BCUT2D eigenvalue weighted by atomic mass is 10.2. The summed E-state index contributed by atoms with van der Waals surface area (Å²) in [6.45, 7) is 0.476.